The molecule has 1 atom stereocenters. The number of nitrogens with zero attached hydrogens (tertiary/aromatic N) is 2. The van der Waals surface area contributed by atoms with Gasteiger partial charge in [0.2, 0.25) is 0 Å². The van der Waals surface area contributed by atoms with Crippen molar-refractivity contribution in [2.24, 2.45) is 0 Å². The van der Waals surface area contributed by atoms with Gasteiger partial charge in [-0.25, -0.2) is 14.6 Å². The molecule has 0 aliphatic carbocycles. The van der Waals surface area contributed by atoms with Crippen molar-refractivity contribution >= 4 is 18.0 Å². The average Bonchev–Trinajstić information content (AvgIpc) is 3.19. The van der Waals surface area contributed by atoms with E-state index in [-0.39, 0.29) is 17.8 Å². The average molecular weight is 499 g/mol. The largest absolute Gasteiger partial charge is 0.443 e. The van der Waals surface area contributed by atoms with Crippen molar-refractivity contribution in [1.29, 1.82) is 0 Å². The minimum atomic E-state index is -0.858. The molecule has 2 amide bonds. The van der Waals surface area contributed by atoms with E-state index >= 15 is 0 Å². The Morgan fingerprint density at radius 1 is 0.944 bits per heavy atom. The van der Waals surface area contributed by atoms with Gasteiger partial charge in [-0.3, -0.25) is 0 Å². The van der Waals surface area contributed by atoms with E-state index in [1.165, 1.54) is 0 Å². The van der Waals surface area contributed by atoms with Crippen LogP contribution in [0.2, 0.25) is 0 Å². The topological polar surface area (TPSA) is 87.2 Å². The fourth-order valence-corrected chi connectivity index (χ4v) is 3.87. The molecule has 0 bridgehead atoms. The Morgan fingerprint density at radius 2 is 1.56 bits per heavy atom. The number of carbonyl (C=O) groups excluding carboxylic acids is 2. The SMILES string of the molecule is CC(C)(C)OC(=O)N(C(=O)OC(C)(C)C)c1ccc(C2(C)CCOC2)c(COCc2ccccc2)n1. The van der Waals surface area contributed by atoms with Crippen molar-refractivity contribution in [3.63, 3.8) is 0 Å². The summed E-state index contributed by atoms with van der Waals surface area (Å²) < 4.78 is 22.7. The molecule has 2 heterocycles. The van der Waals surface area contributed by atoms with Gasteiger partial charge in [-0.15, -0.1) is 0 Å². The summed E-state index contributed by atoms with van der Waals surface area (Å²) in [5, 5.41) is 0. The van der Waals surface area contributed by atoms with Gasteiger partial charge < -0.3 is 18.9 Å². The van der Waals surface area contributed by atoms with E-state index in [0.717, 1.165) is 22.4 Å². The summed E-state index contributed by atoms with van der Waals surface area (Å²) in [6.45, 7) is 14.3. The maximum atomic E-state index is 13.1. The van der Waals surface area contributed by atoms with Gasteiger partial charge in [0.05, 0.1) is 25.5 Å². The van der Waals surface area contributed by atoms with Crippen LogP contribution in [-0.4, -0.2) is 41.6 Å². The van der Waals surface area contributed by atoms with Gasteiger partial charge in [0.25, 0.3) is 0 Å². The molecule has 1 aliphatic heterocycles. The number of hydrogen-bond donors (Lipinski definition) is 0. The van der Waals surface area contributed by atoms with Crippen LogP contribution in [0.5, 0.6) is 0 Å². The van der Waals surface area contributed by atoms with Crippen LogP contribution in [0.1, 0.15) is 71.7 Å². The Hall–Kier alpha value is -2.97. The van der Waals surface area contributed by atoms with Gasteiger partial charge in [0.1, 0.15) is 17.0 Å². The number of ether oxygens (including phenoxy) is 4. The highest BCUT2D eigenvalue weighted by Crippen LogP contribution is 2.36. The predicted octanol–water partition coefficient (Wildman–Crippen LogP) is 6.15. The van der Waals surface area contributed by atoms with E-state index in [1.807, 2.05) is 36.4 Å². The number of anilines is 1. The highest BCUT2D eigenvalue weighted by molar-refractivity contribution is 6.08. The summed E-state index contributed by atoms with van der Waals surface area (Å²) in [4.78, 5) is 31.8. The molecular formula is C28H38N2O6. The van der Waals surface area contributed by atoms with E-state index < -0.39 is 23.4 Å². The van der Waals surface area contributed by atoms with Gasteiger partial charge in [-0.05, 0) is 65.2 Å². The molecule has 1 aromatic carbocycles. The lowest BCUT2D eigenvalue weighted by molar-refractivity contribution is 0.0428. The quantitative estimate of drug-likeness (QED) is 0.472. The third-order valence-electron chi connectivity index (χ3n) is 5.56. The van der Waals surface area contributed by atoms with Crippen molar-refractivity contribution in [2.75, 3.05) is 18.1 Å². The molecule has 8 heteroatoms. The van der Waals surface area contributed by atoms with Crippen LogP contribution >= 0.6 is 0 Å². The van der Waals surface area contributed by atoms with Crippen molar-refractivity contribution in [3.05, 3.63) is 59.3 Å². The molecule has 1 unspecified atom stereocenters. The first-order chi connectivity index (χ1) is 16.8. The standard InChI is InChI=1S/C28H38N2O6/c1-26(2,3)35-24(31)30(25(32)36-27(4,5)6)23-14-13-21(28(7)15-16-33-19-28)22(29-23)18-34-17-20-11-9-8-10-12-20/h8-14H,15-19H2,1-7H3. The van der Waals surface area contributed by atoms with Crippen LogP contribution in [-0.2, 0) is 37.6 Å². The van der Waals surface area contributed by atoms with Gasteiger partial charge in [-0.1, -0.05) is 43.3 Å². The smallest absolute Gasteiger partial charge is 0.425 e. The summed E-state index contributed by atoms with van der Waals surface area (Å²) in [5.41, 5.74) is 0.759. The molecular weight excluding hydrogens is 460 g/mol. The molecule has 36 heavy (non-hydrogen) atoms. The first-order valence-corrected chi connectivity index (χ1v) is 12.2. The molecule has 3 rings (SSSR count). The molecule has 0 saturated carbocycles. The van der Waals surface area contributed by atoms with Crippen LogP contribution in [0.4, 0.5) is 15.4 Å². The molecule has 0 spiro atoms. The third-order valence-corrected chi connectivity index (χ3v) is 5.56. The number of pyridine rings is 1. The normalized spacial score (nSPS) is 18.1. The number of imide groups is 1. The van der Waals surface area contributed by atoms with Crippen LogP contribution in [0.15, 0.2) is 42.5 Å². The first-order valence-electron chi connectivity index (χ1n) is 12.2. The summed E-state index contributed by atoms with van der Waals surface area (Å²) in [6, 6.07) is 13.4. The Labute approximate surface area is 213 Å². The minimum absolute atomic E-state index is 0.114. The lowest BCUT2D eigenvalue weighted by Crippen LogP contribution is -2.44. The van der Waals surface area contributed by atoms with E-state index in [2.05, 4.69) is 6.92 Å². The van der Waals surface area contributed by atoms with Gasteiger partial charge in [0, 0.05) is 12.0 Å². The van der Waals surface area contributed by atoms with Crippen molar-refractivity contribution in [2.45, 2.75) is 84.7 Å². The fourth-order valence-electron chi connectivity index (χ4n) is 3.87. The first kappa shape index (κ1) is 27.6. The van der Waals surface area contributed by atoms with Crippen molar-refractivity contribution in [3.8, 4) is 0 Å². The van der Waals surface area contributed by atoms with Gasteiger partial charge in [0.15, 0.2) is 0 Å². The molecule has 1 saturated heterocycles. The van der Waals surface area contributed by atoms with E-state index in [0.29, 0.717) is 25.5 Å². The zero-order valence-corrected chi connectivity index (χ0v) is 22.4. The number of amides is 2. The maximum Gasteiger partial charge on any atom is 0.425 e. The molecule has 196 valence electrons. The fraction of sp³-hybridized carbons (Fsp3) is 0.536. The van der Waals surface area contributed by atoms with Gasteiger partial charge in [-0.2, -0.15) is 4.90 Å². The highest BCUT2D eigenvalue weighted by atomic mass is 16.6. The molecule has 0 N–H and O–H groups in total. The summed E-state index contributed by atoms with van der Waals surface area (Å²) in [6.07, 6.45) is -0.881. The van der Waals surface area contributed by atoms with Crippen molar-refractivity contribution < 1.29 is 28.5 Å². The molecule has 1 aliphatic rings. The van der Waals surface area contributed by atoms with Crippen LogP contribution in [0, 0.1) is 0 Å². The number of rotatable bonds is 6. The zero-order valence-electron chi connectivity index (χ0n) is 22.4. The second kappa shape index (κ2) is 11.0. The van der Waals surface area contributed by atoms with Crippen LogP contribution in [0.25, 0.3) is 0 Å². The number of carbonyl (C=O) groups is 2. The van der Waals surface area contributed by atoms with E-state index in [1.54, 1.807) is 47.6 Å². The lowest BCUT2D eigenvalue weighted by atomic mass is 9.81. The summed E-state index contributed by atoms with van der Waals surface area (Å²) >= 11 is 0. The number of hydrogen-bond acceptors (Lipinski definition) is 7. The molecule has 1 aromatic heterocycles. The van der Waals surface area contributed by atoms with Crippen LogP contribution < -0.4 is 4.90 Å². The second-order valence-corrected chi connectivity index (χ2v) is 11.3. The third kappa shape index (κ3) is 7.51. The Kier molecular flexibility index (Phi) is 8.41. The second-order valence-electron chi connectivity index (χ2n) is 11.3. The lowest BCUT2D eigenvalue weighted by Gasteiger charge is -2.29. The molecule has 8 nitrogen and oxygen atoms in total. The Balaban J connectivity index is 1.97. The number of benzene rings is 1. The maximum absolute atomic E-state index is 13.1. The molecule has 2 aromatic rings. The van der Waals surface area contributed by atoms with Crippen LogP contribution in [0.3, 0.4) is 0 Å². The highest BCUT2D eigenvalue weighted by Gasteiger charge is 2.37. The molecule has 0 radical (unpaired) electrons. The minimum Gasteiger partial charge on any atom is -0.443 e. The predicted molar refractivity (Wildman–Crippen MR) is 137 cm³/mol. The number of aromatic nitrogens is 1. The van der Waals surface area contributed by atoms with E-state index in [4.69, 9.17) is 23.9 Å². The Bertz CT molecular complexity index is 1020. The van der Waals surface area contributed by atoms with E-state index in [9.17, 15) is 9.59 Å². The zero-order chi connectivity index (χ0) is 26.6. The van der Waals surface area contributed by atoms with Gasteiger partial charge >= 0.3 is 12.2 Å². The molecule has 1 fully saturated rings. The summed E-state index contributed by atoms with van der Waals surface area (Å²) in [7, 11) is 0. The monoisotopic (exact) mass is 498 g/mol. The Morgan fingerprint density at radius 3 is 2.08 bits per heavy atom. The summed E-state index contributed by atoms with van der Waals surface area (Å²) in [5.74, 6) is 0.114. The van der Waals surface area contributed by atoms with Crippen molar-refractivity contribution in [1.82, 2.24) is 4.98 Å².